The van der Waals surface area contributed by atoms with Crippen molar-refractivity contribution in [1.29, 1.82) is 0 Å². The van der Waals surface area contributed by atoms with E-state index in [-0.39, 0.29) is 5.91 Å². The summed E-state index contributed by atoms with van der Waals surface area (Å²) in [5.41, 5.74) is 8.02. The Labute approximate surface area is 118 Å². The first kappa shape index (κ1) is 13.9. The van der Waals surface area contributed by atoms with Crippen molar-refractivity contribution in [2.24, 2.45) is 0 Å². The zero-order chi connectivity index (χ0) is 14.5. The third-order valence-electron chi connectivity index (χ3n) is 3.16. The van der Waals surface area contributed by atoms with Crippen molar-refractivity contribution in [2.75, 3.05) is 24.8 Å². The molecule has 1 amide bonds. The van der Waals surface area contributed by atoms with E-state index in [0.29, 0.717) is 17.9 Å². The zero-order valence-electron chi connectivity index (χ0n) is 11.7. The molecule has 0 heterocycles. The van der Waals surface area contributed by atoms with E-state index in [4.69, 9.17) is 10.5 Å². The number of carbonyl (C=O) groups is 1. The number of methoxy groups -OCH3 is 1. The molecule has 0 spiro atoms. The van der Waals surface area contributed by atoms with Crippen molar-refractivity contribution < 1.29 is 9.53 Å². The third-order valence-corrected chi connectivity index (χ3v) is 3.16. The van der Waals surface area contributed by atoms with Crippen LogP contribution in [0.5, 0.6) is 5.75 Å². The number of likely N-dealkylation sites (N-methyl/N-ethyl adjacent to an activating group) is 1. The van der Waals surface area contributed by atoms with Crippen LogP contribution in [0, 0.1) is 0 Å². The van der Waals surface area contributed by atoms with E-state index in [1.807, 2.05) is 36.4 Å². The molecule has 104 valence electrons. The van der Waals surface area contributed by atoms with Gasteiger partial charge < -0.3 is 15.4 Å². The number of nitrogen functional groups attached to an aromatic ring is 1. The average Bonchev–Trinajstić information content (AvgIpc) is 2.48. The summed E-state index contributed by atoms with van der Waals surface area (Å²) in [6, 6.07) is 14.8. The average molecular weight is 270 g/mol. The van der Waals surface area contributed by atoms with E-state index < -0.39 is 0 Å². The van der Waals surface area contributed by atoms with E-state index in [2.05, 4.69) is 0 Å². The number of benzene rings is 2. The first-order chi connectivity index (χ1) is 9.61. The molecule has 0 unspecified atom stereocenters. The Morgan fingerprint density at radius 2 is 1.80 bits per heavy atom. The third kappa shape index (κ3) is 3.09. The summed E-state index contributed by atoms with van der Waals surface area (Å²) in [6.07, 6.45) is 0.328. The van der Waals surface area contributed by atoms with Gasteiger partial charge in [0.25, 0.3) is 0 Å². The van der Waals surface area contributed by atoms with Gasteiger partial charge in [-0.15, -0.1) is 0 Å². The monoisotopic (exact) mass is 270 g/mol. The highest BCUT2D eigenvalue weighted by molar-refractivity contribution is 5.95. The molecule has 0 aliphatic heterocycles. The van der Waals surface area contributed by atoms with Crippen molar-refractivity contribution in [1.82, 2.24) is 0 Å². The molecule has 2 rings (SSSR count). The summed E-state index contributed by atoms with van der Waals surface area (Å²) in [5, 5.41) is 0. The van der Waals surface area contributed by atoms with E-state index in [0.717, 1.165) is 11.3 Å². The molecule has 2 aromatic carbocycles. The predicted octanol–water partition coefficient (Wildman–Crippen LogP) is 2.48. The van der Waals surface area contributed by atoms with Crippen LogP contribution in [0.15, 0.2) is 48.5 Å². The zero-order valence-corrected chi connectivity index (χ0v) is 11.7. The number of hydrogen-bond acceptors (Lipinski definition) is 3. The van der Waals surface area contributed by atoms with Gasteiger partial charge in [0.1, 0.15) is 5.75 Å². The van der Waals surface area contributed by atoms with E-state index in [9.17, 15) is 4.79 Å². The smallest absolute Gasteiger partial charge is 0.231 e. The Morgan fingerprint density at radius 3 is 2.45 bits per heavy atom. The topological polar surface area (TPSA) is 55.6 Å². The van der Waals surface area contributed by atoms with Gasteiger partial charge in [-0.3, -0.25) is 4.79 Å². The maximum Gasteiger partial charge on any atom is 0.231 e. The number of carbonyl (C=O) groups excluding carboxylic acids is 1. The summed E-state index contributed by atoms with van der Waals surface area (Å²) in [7, 11) is 3.34. The second-order valence-electron chi connectivity index (χ2n) is 4.54. The lowest BCUT2D eigenvalue weighted by Gasteiger charge is -2.20. The van der Waals surface area contributed by atoms with Crippen LogP contribution in [-0.2, 0) is 11.2 Å². The number of nitrogens with two attached hydrogens (primary N) is 1. The van der Waals surface area contributed by atoms with Crippen LogP contribution in [0.1, 0.15) is 5.56 Å². The van der Waals surface area contributed by atoms with Crippen molar-refractivity contribution in [3.8, 4) is 5.75 Å². The van der Waals surface area contributed by atoms with Crippen molar-refractivity contribution in [3.05, 3.63) is 54.1 Å². The van der Waals surface area contributed by atoms with Crippen LogP contribution >= 0.6 is 0 Å². The van der Waals surface area contributed by atoms with Gasteiger partial charge in [0.2, 0.25) is 5.91 Å². The van der Waals surface area contributed by atoms with Gasteiger partial charge in [-0.1, -0.05) is 24.3 Å². The van der Waals surface area contributed by atoms with Crippen LogP contribution in [0.4, 0.5) is 11.4 Å². The minimum absolute atomic E-state index is 0.000675. The highest BCUT2D eigenvalue weighted by Gasteiger charge is 2.15. The van der Waals surface area contributed by atoms with E-state index in [1.165, 1.54) is 0 Å². The predicted molar refractivity (Wildman–Crippen MR) is 81.0 cm³/mol. The summed E-state index contributed by atoms with van der Waals surface area (Å²) in [6.45, 7) is 0. The highest BCUT2D eigenvalue weighted by Crippen LogP contribution is 2.27. The number of anilines is 2. The van der Waals surface area contributed by atoms with Crippen LogP contribution in [-0.4, -0.2) is 20.1 Å². The van der Waals surface area contributed by atoms with Gasteiger partial charge in [-0.25, -0.2) is 0 Å². The fourth-order valence-electron chi connectivity index (χ4n) is 1.97. The van der Waals surface area contributed by atoms with Gasteiger partial charge in [-0.05, 0) is 29.8 Å². The Balaban J connectivity index is 2.14. The molecule has 0 saturated carbocycles. The van der Waals surface area contributed by atoms with Crippen LogP contribution < -0.4 is 15.4 Å². The molecule has 0 aromatic heterocycles. The first-order valence-corrected chi connectivity index (χ1v) is 6.36. The molecule has 4 heteroatoms. The molecule has 2 N–H and O–H groups in total. The van der Waals surface area contributed by atoms with Crippen molar-refractivity contribution >= 4 is 17.3 Å². The standard InChI is InChI=1S/C16H18N2O2/c1-18(14-5-3-4-6-15(14)20-2)16(19)11-12-7-9-13(17)10-8-12/h3-10H,11,17H2,1-2H3. The SMILES string of the molecule is COc1ccccc1N(C)C(=O)Cc1ccc(N)cc1. The summed E-state index contributed by atoms with van der Waals surface area (Å²) in [4.78, 5) is 13.9. The molecular weight excluding hydrogens is 252 g/mol. The summed E-state index contributed by atoms with van der Waals surface area (Å²) in [5.74, 6) is 0.680. The number of rotatable bonds is 4. The molecule has 0 aliphatic carbocycles. The lowest BCUT2D eigenvalue weighted by Crippen LogP contribution is -2.28. The second kappa shape index (κ2) is 6.10. The maximum absolute atomic E-state index is 12.3. The maximum atomic E-state index is 12.3. The number of nitrogens with zero attached hydrogens (tertiary/aromatic N) is 1. The first-order valence-electron chi connectivity index (χ1n) is 6.36. The van der Waals surface area contributed by atoms with Gasteiger partial charge in [0.15, 0.2) is 0 Å². The molecule has 0 saturated heterocycles. The van der Waals surface area contributed by atoms with Crippen LogP contribution in [0.3, 0.4) is 0 Å². The quantitative estimate of drug-likeness (QED) is 0.868. The number of hydrogen-bond donors (Lipinski definition) is 1. The van der Waals surface area contributed by atoms with Crippen LogP contribution in [0.25, 0.3) is 0 Å². The fraction of sp³-hybridized carbons (Fsp3) is 0.188. The Bertz CT molecular complexity index is 594. The summed E-state index contributed by atoms with van der Waals surface area (Å²) >= 11 is 0. The Kier molecular flexibility index (Phi) is 4.25. The van der Waals surface area contributed by atoms with Crippen LogP contribution in [0.2, 0.25) is 0 Å². The minimum Gasteiger partial charge on any atom is -0.495 e. The highest BCUT2D eigenvalue weighted by atomic mass is 16.5. The largest absolute Gasteiger partial charge is 0.495 e. The van der Waals surface area contributed by atoms with Crippen molar-refractivity contribution in [2.45, 2.75) is 6.42 Å². The number of ether oxygens (including phenoxy) is 1. The molecule has 0 fully saturated rings. The second-order valence-corrected chi connectivity index (χ2v) is 4.54. The van der Waals surface area contributed by atoms with Crippen molar-refractivity contribution in [3.63, 3.8) is 0 Å². The molecule has 0 atom stereocenters. The molecule has 0 aliphatic rings. The van der Waals surface area contributed by atoms with Gasteiger partial charge >= 0.3 is 0 Å². The molecule has 20 heavy (non-hydrogen) atoms. The van der Waals surface area contributed by atoms with E-state index >= 15 is 0 Å². The molecule has 0 bridgehead atoms. The lowest BCUT2D eigenvalue weighted by atomic mass is 10.1. The number of para-hydroxylation sites is 2. The minimum atomic E-state index is -0.000675. The molecule has 4 nitrogen and oxygen atoms in total. The Hall–Kier alpha value is -2.49. The van der Waals surface area contributed by atoms with Gasteiger partial charge in [0.05, 0.1) is 19.2 Å². The molecule has 0 radical (unpaired) electrons. The lowest BCUT2D eigenvalue weighted by molar-refractivity contribution is -0.117. The fourth-order valence-corrected chi connectivity index (χ4v) is 1.97. The summed E-state index contributed by atoms with van der Waals surface area (Å²) < 4.78 is 5.27. The molecular formula is C16H18N2O2. The van der Waals surface area contributed by atoms with E-state index in [1.54, 1.807) is 31.2 Å². The molecule has 2 aromatic rings. The number of amides is 1. The van der Waals surface area contributed by atoms with Gasteiger partial charge in [-0.2, -0.15) is 0 Å². The normalized spacial score (nSPS) is 10.1. The van der Waals surface area contributed by atoms with Gasteiger partial charge in [0, 0.05) is 12.7 Å². The Morgan fingerprint density at radius 1 is 1.15 bits per heavy atom.